The van der Waals surface area contributed by atoms with Crippen LogP contribution in [-0.2, 0) is 16.8 Å². The minimum Gasteiger partial charge on any atom is -0.356 e. The Morgan fingerprint density at radius 1 is 1.33 bits per heavy atom. The molecule has 0 spiro atoms. The third kappa shape index (κ3) is 170. The second-order valence-electron chi connectivity index (χ2n) is 0.224. The van der Waals surface area contributed by atoms with Gasteiger partial charge in [-0.1, -0.05) is 0 Å². The minimum absolute atomic E-state index is 0. The van der Waals surface area contributed by atoms with E-state index in [0.29, 0.717) is 0 Å². The zero-order valence-corrected chi connectivity index (χ0v) is 6.97. The molecule has 0 fully saturated rings. The van der Waals surface area contributed by atoms with Crippen molar-refractivity contribution >= 4 is 26.2 Å². The van der Waals surface area contributed by atoms with Gasteiger partial charge in [0.2, 0.25) is 0 Å². The van der Waals surface area contributed by atoms with Crippen LogP contribution in [0.4, 0.5) is 0 Å². The molecule has 0 aliphatic heterocycles. The molecule has 0 heterocycles. The molecule has 0 aliphatic rings. The molecule has 6 heavy (non-hydrogen) atoms. The van der Waals surface area contributed by atoms with E-state index in [2.05, 4.69) is 0 Å². The summed E-state index contributed by atoms with van der Waals surface area (Å²) in [6.45, 7) is 0. The van der Waals surface area contributed by atoms with Crippen LogP contribution in [0.1, 0.15) is 0 Å². The van der Waals surface area contributed by atoms with Crippen LogP contribution in [0.5, 0.6) is 0 Å². The van der Waals surface area contributed by atoms with E-state index in [0.717, 1.165) is 0 Å². The van der Waals surface area contributed by atoms with Crippen molar-refractivity contribution in [2.75, 3.05) is 0 Å². The van der Waals surface area contributed by atoms with E-state index in [-0.39, 0.29) is 43.0 Å². The maximum atomic E-state index is 8.25. The van der Waals surface area contributed by atoms with Gasteiger partial charge in [-0.2, -0.15) is 0 Å². The Morgan fingerprint density at radius 3 is 1.33 bits per heavy atom. The predicted molar refractivity (Wildman–Crippen MR) is 16.1 cm³/mol. The van der Waals surface area contributed by atoms with Crippen molar-refractivity contribution in [2.45, 2.75) is 0 Å². The fourth-order valence-electron chi connectivity index (χ4n) is 0. The van der Waals surface area contributed by atoms with Crippen LogP contribution in [0.3, 0.4) is 0 Å². The summed E-state index contributed by atoms with van der Waals surface area (Å²) in [4.78, 5) is 8.25. The van der Waals surface area contributed by atoms with Crippen molar-refractivity contribution in [3.8, 4) is 0 Å². The van der Waals surface area contributed by atoms with Gasteiger partial charge in [0.25, 0.3) is 0 Å². The number of hydrogen-bond acceptors (Lipinski definition) is 3. The molecule has 0 saturated heterocycles. The smallest absolute Gasteiger partial charge is 0.356 e. The molecule has 0 aromatic carbocycles. The van der Waals surface area contributed by atoms with Crippen molar-refractivity contribution in [1.82, 2.24) is 0 Å². The van der Waals surface area contributed by atoms with E-state index < -0.39 is 5.09 Å². The van der Waals surface area contributed by atoms with E-state index >= 15 is 0 Å². The second-order valence-corrected chi connectivity index (χ2v) is 0.224. The van der Waals surface area contributed by atoms with E-state index in [1.165, 1.54) is 0 Å². The fraction of sp³-hybridized carbons (Fsp3) is 0. The van der Waals surface area contributed by atoms with E-state index in [4.69, 9.17) is 15.3 Å². The average Bonchev–Trinajstić information content (AvgIpc) is 0.811. The summed E-state index contributed by atoms with van der Waals surface area (Å²) in [5.41, 5.74) is 0. The van der Waals surface area contributed by atoms with Crippen LogP contribution < -0.4 is 0 Å². The van der Waals surface area contributed by atoms with Gasteiger partial charge in [0.15, 0.2) is 0 Å². The van der Waals surface area contributed by atoms with Crippen LogP contribution in [0.15, 0.2) is 0 Å². The van der Waals surface area contributed by atoms with Crippen molar-refractivity contribution in [3.05, 3.63) is 15.3 Å². The second kappa shape index (κ2) is 9.14. The summed E-state index contributed by atoms with van der Waals surface area (Å²) in [5, 5.41) is 14.8. The minimum atomic E-state index is -1.75. The maximum Gasteiger partial charge on any atom is 3.00 e. The Kier molecular flexibility index (Phi) is 24.3. The SMILES string of the molecule is O=[N+]([O-])[O-].[Bi+3].[Co+2]. The van der Waals surface area contributed by atoms with Crippen molar-refractivity contribution in [2.24, 2.45) is 0 Å². The Balaban J connectivity index is -0.0000000450. The quantitative estimate of drug-likeness (QED) is 0.338. The molecule has 0 rings (SSSR count). The van der Waals surface area contributed by atoms with Gasteiger partial charge in [-0.3, -0.25) is 0 Å². The maximum absolute atomic E-state index is 8.25. The Labute approximate surface area is 63.3 Å². The first kappa shape index (κ1) is 16.0. The van der Waals surface area contributed by atoms with Gasteiger partial charge < -0.3 is 15.3 Å². The summed E-state index contributed by atoms with van der Waals surface area (Å²) in [7, 11) is 0. The summed E-state index contributed by atoms with van der Waals surface area (Å²) in [6, 6.07) is 0. The topological polar surface area (TPSA) is 66.2 Å². The molecule has 0 bridgehead atoms. The molecular formula is BiCoNO3+4. The first-order valence-corrected chi connectivity index (χ1v) is 0.548. The van der Waals surface area contributed by atoms with Gasteiger partial charge in [0.05, 0.1) is 5.09 Å². The summed E-state index contributed by atoms with van der Waals surface area (Å²) in [6.07, 6.45) is 0. The third-order valence-corrected chi connectivity index (χ3v) is 0. The third-order valence-electron chi connectivity index (χ3n) is 0. The number of hydrogen-bond donors (Lipinski definition) is 0. The van der Waals surface area contributed by atoms with Crippen LogP contribution in [0, 0.1) is 15.3 Å². The van der Waals surface area contributed by atoms with Crippen LogP contribution in [0.2, 0.25) is 0 Å². The van der Waals surface area contributed by atoms with E-state index in [1.54, 1.807) is 0 Å². The largest absolute Gasteiger partial charge is 3.00 e. The van der Waals surface area contributed by atoms with Gasteiger partial charge in [0.1, 0.15) is 0 Å². The molecule has 0 N–H and O–H groups in total. The monoisotopic (exact) mass is 330 g/mol. The summed E-state index contributed by atoms with van der Waals surface area (Å²) >= 11 is 0. The summed E-state index contributed by atoms with van der Waals surface area (Å²) in [5.74, 6) is 0. The Hall–Kier alpha value is 0.590. The van der Waals surface area contributed by atoms with Gasteiger partial charge >= 0.3 is 43.0 Å². The van der Waals surface area contributed by atoms with E-state index in [1.807, 2.05) is 0 Å². The molecule has 0 saturated carbocycles. The van der Waals surface area contributed by atoms with E-state index in [9.17, 15) is 0 Å². The first-order chi connectivity index (χ1) is 1.73. The zero-order chi connectivity index (χ0) is 3.58. The molecule has 0 aliphatic carbocycles. The van der Waals surface area contributed by atoms with Crippen molar-refractivity contribution in [3.63, 3.8) is 0 Å². The fourth-order valence-corrected chi connectivity index (χ4v) is 0. The van der Waals surface area contributed by atoms with Crippen molar-refractivity contribution in [1.29, 1.82) is 0 Å². The molecule has 0 atom stereocenters. The molecule has 4 nitrogen and oxygen atoms in total. The molecule has 6 heteroatoms. The number of rotatable bonds is 0. The molecule has 0 amide bonds. The molecule has 3 radical (unpaired) electrons. The van der Waals surface area contributed by atoms with Gasteiger partial charge in [0, 0.05) is 0 Å². The molecular weight excluding hydrogens is 330 g/mol. The normalized spacial score (nSPS) is 4.00. The molecule has 0 aromatic rings. The van der Waals surface area contributed by atoms with Crippen LogP contribution in [-0.4, -0.2) is 31.3 Å². The standard InChI is InChI=1S/Bi.Co.NO3/c;;2-1(3)4/q+3;+2;-1. The predicted octanol–water partition coefficient (Wildman–Crippen LogP) is -0.622. The summed E-state index contributed by atoms with van der Waals surface area (Å²) < 4.78 is 0. The Bertz CT molecular complexity index is 33.8. The Morgan fingerprint density at radius 2 is 1.33 bits per heavy atom. The van der Waals surface area contributed by atoms with Crippen LogP contribution in [0.25, 0.3) is 0 Å². The van der Waals surface area contributed by atoms with Crippen LogP contribution >= 0.6 is 0 Å². The van der Waals surface area contributed by atoms with Gasteiger partial charge in [-0.25, -0.2) is 0 Å². The number of nitrogens with zero attached hydrogens (tertiary/aromatic N) is 1. The zero-order valence-electron chi connectivity index (χ0n) is 2.45. The average molecular weight is 330 g/mol. The molecule has 33 valence electrons. The molecule has 0 aromatic heterocycles. The van der Waals surface area contributed by atoms with Gasteiger partial charge in [-0.05, 0) is 0 Å². The van der Waals surface area contributed by atoms with Gasteiger partial charge in [-0.15, -0.1) is 0 Å². The van der Waals surface area contributed by atoms with Crippen molar-refractivity contribution < 1.29 is 21.9 Å². The first-order valence-electron chi connectivity index (χ1n) is 0.548. The molecule has 0 unspecified atom stereocenters.